The Bertz CT molecular complexity index is 1240. The molecule has 0 spiro atoms. The fourth-order valence-electron chi connectivity index (χ4n) is 3.00. The minimum absolute atomic E-state index is 0.0220. The smallest absolute Gasteiger partial charge is 0.338 e. The number of nitrogens with one attached hydrogen (secondary N) is 2. The van der Waals surface area contributed by atoms with Gasteiger partial charge in [-0.15, -0.1) is 0 Å². The predicted molar refractivity (Wildman–Crippen MR) is 117 cm³/mol. The molecule has 156 valence electrons. The Morgan fingerprint density at radius 1 is 1.23 bits per heavy atom. The van der Waals surface area contributed by atoms with E-state index in [1.54, 1.807) is 67.8 Å². The van der Waals surface area contributed by atoms with Crippen LogP contribution in [0.5, 0.6) is 5.75 Å². The number of anilines is 2. The zero-order valence-corrected chi connectivity index (χ0v) is 17.2. The zero-order chi connectivity index (χ0) is 21.8. The highest BCUT2D eigenvalue weighted by molar-refractivity contribution is 6.32. The number of rotatable bonds is 6. The van der Waals surface area contributed by atoms with Crippen LogP contribution >= 0.6 is 11.6 Å². The molecule has 0 aliphatic heterocycles. The third-order valence-electron chi connectivity index (χ3n) is 4.44. The number of phenols is 1. The molecule has 4 aromatic rings. The summed E-state index contributed by atoms with van der Waals surface area (Å²) in [6.45, 7) is 2.06. The number of carbonyl (C=O) groups excluding carboxylic acids is 1. The van der Waals surface area contributed by atoms with Gasteiger partial charge in [-0.25, -0.2) is 14.8 Å². The summed E-state index contributed by atoms with van der Waals surface area (Å²) in [4.78, 5) is 20.8. The Morgan fingerprint density at radius 3 is 2.90 bits per heavy atom. The van der Waals surface area contributed by atoms with Crippen LogP contribution in [0, 0.1) is 0 Å². The quantitative estimate of drug-likeness (QED) is 0.372. The van der Waals surface area contributed by atoms with Gasteiger partial charge in [0.2, 0.25) is 5.95 Å². The van der Waals surface area contributed by atoms with Crippen LogP contribution in [0.4, 0.5) is 11.6 Å². The molecule has 31 heavy (non-hydrogen) atoms. The average molecular weight is 436 g/mol. The molecule has 4 rings (SSSR count). The molecule has 0 atom stereocenters. The van der Waals surface area contributed by atoms with Crippen molar-refractivity contribution in [3.8, 4) is 28.3 Å². The molecule has 0 aliphatic carbocycles. The van der Waals surface area contributed by atoms with E-state index in [-0.39, 0.29) is 10.8 Å². The molecule has 2 aromatic heterocycles. The zero-order valence-electron chi connectivity index (χ0n) is 16.5. The summed E-state index contributed by atoms with van der Waals surface area (Å²) in [6, 6.07) is 13.6. The van der Waals surface area contributed by atoms with E-state index in [1.807, 2.05) is 0 Å². The number of ether oxygens (including phenoxy) is 1. The fourth-order valence-corrected chi connectivity index (χ4v) is 3.12. The summed E-state index contributed by atoms with van der Waals surface area (Å²) in [5, 5.41) is 20.3. The molecular weight excluding hydrogens is 418 g/mol. The molecule has 0 bridgehead atoms. The number of nitrogens with zero attached hydrogens (tertiary/aromatic N) is 3. The van der Waals surface area contributed by atoms with E-state index in [0.29, 0.717) is 40.8 Å². The van der Waals surface area contributed by atoms with E-state index in [9.17, 15) is 9.90 Å². The number of aromatic amines is 1. The second-order valence-electron chi connectivity index (χ2n) is 6.52. The van der Waals surface area contributed by atoms with Crippen LogP contribution in [0.1, 0.15) is 17.3 Å². The van der Waals surface area contributed by atoms with E-state index < -0.39 is 5.97 Å². The Kier molecular flexibility index (Phi) is 5.81. The van der Waals surface area contributed by atoms with Gasteiger partial charge in [-0.1, -0.05) is 23.7 Å². The summed E-state index contributed by atoms with van der Waals surface area (Å²) < 4.78 is 5.04. The summed E-state index contributed by atoms with van der Waals surface area (Å²) in [6.07, 6.45) is 3.27. The van der Waals surface area contributed by atoms with Gasteiger partial charge < -0.3 is 15.2 Å². The summed E-state index contributed by atoms with van der Waals surface area (Å²) in [5.41, 5.74) is 3.83. The van der Waals surface area contributed by atoms with Crippen LogP contribution in [-0.4, -0.2) is 37.8 Å². The lowest BCUT2D eigenvalue weighted by Crippen LogP contribution is -2.05. The van der Waals surface area contributed by atoms with Crippen molar-refractivity contribution >= 4 is 29.2 Å². The van der Waals surface area contributed by atoms with Gasteiger partial charge >= 0.3 is 5.97 Å². The molecule has 2 heterocycles. The first kappa shape index (κ1) is 20.4. The Morgan fingerprint density at radius 2 is 2.10 bits per heavy atom. The normalized spacial score (nSPS) is 10.6. The van der Waals surface area contributed by atoms with Crippen LogP contribution in [0.3, 0.4) is 0 Å². The summed E-state index contributed by atoms with van der Waals surface area (Å²) in [7, 11) is 0. The fraction of sp³-hybridized carbons (Fsp3) is 0.0909. The van der Waals surface area contributed by atoms with Crippen molar-refractivity contribution in [2.75, 3.05) is 11.9 Å². The Balaban J connectivity index is 1.62. The molecule has 0 aliphatic rings. The molecule has 0 saturated carbocycles. The second kappa shape index (κ2) is 8.85. The number of halogens is 1. The maximum atomic E-state index is 12.0. The standard InChI is InChI=1S/C22H18ClN5O3/c1-2-31-21(30)14-4-3-5-15(10-14)26-22-24-9-8-18(27-22)16-12-25-28-20(16)13-6-7-17(23)19(29)11-13/h3-12,29H,2H2,1H3,(H,25,28)(H,24,26,27). The van der Waals surface area contributed by atoms with Gasteiger partial charge in [0, 0.05) is 23.0 Å². The molecule has 2 aromatic carbocycles. The molecule has 9 heteroatoms. The maximum absolute atomic E-state index is 12.0. The van der Waals surface area contributed by atoms with Gasteiger partial charge in [0.1, 0.15) is 5.75 Å². The highest BCUT2D eigenvalue weighted by atomic mass is 35.5. The molecule has 0 fully saturated rings. The van der Waals surface area contributed by atoms with Crippen LogP contribution in [0.15, 0.2) is 60.9 Å². The highest BCUT2D eigenvalue weighted by Gasteiger charge is 2.14. The van der Waals surface area contributed by atoms with Crippen LogP contribution in [0.2, 0.25) is 5.02 Å². The number of hydrogen-bond donors (Lipinski definition) is 3. The lowest BCUT2D eigenvalue weighted by molar-refractivity contribution is 0.0526. The molecule has 0 amide bonds. The Hall–Kier alpha value is -3.91. The van der Waals surface area contributed by atoms with E-state index in [0.717, 1.165) is 5.56 Å². The number of carbonyl (C=O) groups is 1. The molecule has 0 radical (unpaired) electrons. The molecule has 0 unspecified atom stereocenters. The predicted octanol–water partition coefficient (Wildman–Crippen LogP) is 4.81. The van der Waals surface area contributed by atoms with Crippen LogP contribution < -0.4 is 5.32 Å². The van der Waals surface area contributed by atoms with Crippen molar-refractivity contribution in [3.63, 3.8) is 0 Å². The van der Waals surface area contributed by atoms with Gasteiger partial charge in [0.15, 0.2) is 0 Å². The molecule has 3 N–H and O–H groups in total. The van der Waals surface area contributed by atoms with Gasteiger partial charge in [0.25, 0.3) is 0 Å². The molecule has 8 nitrogen and oxygen atoms in total. The number of aromatic hydroxyl groups is 1. The van der Waals surface area contributed by atoms with Gasteiger partial charge in [0.05, 0.1) is 34.8 Å². The van der Waals surface area contributed by atoms with E-state index >= 15 is 0 Å². The minimum atomic E-state index is -0.393. The van der Waals surface area contributed by atoms with Crippen LogP contribution in [-0.2, 0) is 4.74 Å². The SMILES string of the molecule is CCOC(=O)c1cccc(Nc2nccc(-c3cn[nH]c3-c3ccc(Cl)c(O)c3)n2)c1. The highest BCUT2D eigenvalue weighted by Crippen LogP contribution is 2.33. The van der Waals surface area contributed by atoms with Crippen molar-refractivity contribution in [2.45, 2.75) is 6.92 Å². The van der Waals surface area contributed by atoms with Crippen molar-refractivity contribution < 1.29 is 14.6 Å². The summed E-state index contributed by atoms with van der Waals surface area (Å²) >= 11 is 5.91. The first-order chi connectivity index (χ1) is 15.0. The van der Waals surface area contributed by atoms with Gasteiger partial charge in [-0.05, 0) is 43.3 Å². The number of esters is 1. The largest absolute Gasteiger partial charge is 0.506 e. The topological polar surface area (TPSA) is 113 Å². The third-order valence-corrected chi connectivity index (χ3v) is 4.76. The van der Waals surface area contributed by atoms with E-state index in [4.69, 9.17) is 16.3 Å². The van der Waals surface area contributed by atoms with Gasteiger partial charge in [-0.2, -0.15) is 5.10 Å². The number of benzene rings is 2. The average Bonchev–Trinajstić information content (AvgIpc) is 3.26. The van der Waals surface area contributed by atoms with Crippen molar-refractivity contribution in [1.29, 1.82) is 0 Å². The third kappa shape index (κ3) is 4.49. The van der Waals surface area contributed by atoms with Crippen molar-refractivity contribution in [1.82, 2.24) is 20.2 Å². The summed E-state index contributed by atoms with van der Waals surface area (Å²) in [5.74, 6) is -0.0640. The van der Waals surface area contributed by atoms with Crippen molar-refractivity contribution in [2.24, 2.45) is 0 Å². The number of H-pyrrole nitrogens is 1. The van der Waals surface area contributed by atoms with Gasteiger partial charge in [-0.3, -0.25) is 5.10 Å². The van der Waals surface area contributed by atoms with E-state index in [1.165, 1.54) is 0 Å². The maximum Gasteiger partial charge on any atom is 0.338 e. The number of hydrogen-bond acceptors (Lipinski definition) is 7. The minimum Gasteiger partial charge on any atom is -0.506 e. The van der Waals surface area contributed by atoms with Crippen LogP contribution in [0.25, 0.3) is 22.5 Å². The first-order valence-electron chi connectivity index (χ1n) is 9.45. The second-order valence-corrected chi connectivity index (χ2v) is 6.92. The molecular formula is C22H18ClN5O3. The van der Waals surface area contributed by atoms with Crippen molar-refractivity contribution in [3.05, 3.63) is 71.5 Å². The lowest BCUT2D eigenvalue weighted by Gasteiger charge is -2.09. The number of aromatic nitrogens is 4. The monoisotopic (exact) mass is 435 g/mol. The first-order valence-corrected chi connectivity index (χ1v) is 9.83. The molecule has 0 saturated heterocycles. The number of phenolic OH excluding ortho intramolecular Hbond substituents is 1. The Labute approximate surface area is 182 Å². The lowest BCUT2D eigenvalue weighted by atomic mass is 10.1. The van der Waals surface area contributed by atoms with E-state index in [2.05, 4.69) is 25.5 Å².